The first-order valence-corrected chi connectivity index (χ1v) is 14.9. The lowest BCUT2D eigenvalue weighted by molar-refractivity contribution is 0.0923. The number of hydrogen-bond donors (Lipinski definition) is 2. The molecule has 2 amide bonds. The zero-order chi connectivity index (χ0) is 30.4. The number of fused-ring (bicyclic) bond motifs is 1. The topological polar surface area (TPSA) is 93.5 Å². The zero-order valence-corrected chi connectivity index (χ0v) is 24.6. The van der Waals surface area contributed by atoms with E-state index >= 15 is 0 Å². The summed E-state index contributed by atoms with van der Waals surface area (Å²) in [6.07, 6.45) is 5.67. The van der Waals surface area contributed by atoms with Gasteiger partial charge in [-0.2, -0.15) is 0 Å². The molecule has 0 saturated heterocycles. The van der Waals surface area contributed by atoms with Gasteiger partial charge in [0, 0.05) is 24.2 Å². The van der Waals surface area contributed by atoms with Gasteiger partial charge in [-0.1, -0.05) is 12.1 Å². The van der Waals surface area contributed by atoms with Crippen LogP contribution in [0.15, 0.2) is 83.4 Å². The van der Waals surface area contributed by atoms with Crippen LogP contribution >= 0.6 is 0 Å². The van der Waals surface area contributed by atoms with E-state index in [4.69, 9.17) is 9.15 Å². The number of carbonyl (C=O) groups excluding carboxylic acids is 2. The van der Waals surface area contributed by atoms with Gasteiger partial charge in [0.15, 0.2) is 0 Å². The molecular formula is C36H32FN3O4. The Labute approximate surface area is 254 Å². The van der Waals surface area contributed by atoms with Gasteiger partial charge < -0.3 is 19.8 Å². The van der Waals surface area contributed by atoms with Crippen LogP contribution in [-0.4, -0.2) is 30.5 Å². The van der Waals surface area contributed by atoms with Crippen LogP contribution in [0.3, 0.4) is 0 Å². The summed E-state index contributed by atoms with van der Waals surface area (Å²) < 4.78 is 26.0. The van der Waals surface area contributed by atoms with Gasteiger partial charge >= 0.3 is 0 Å². The summed E-state index contributed by atoms with van der Waals surface area (Å²) in [5.74, 6) is 0.541. The molecule has 2 fully saturated rings. The van der Waals surface area contributed by atoms with Crippen LogP contribution in [0.2, 0.25) is 0 Å². The monoisotopic (exact) mass is 589 g/mol. The standard InChI is InChI=1S/C36H32FN3O4/c1-21-17-30(43-20-22-6-7-22)28(34(41)40-36(14-15-36)31-5-3-4-16-39-31)19-26(21)24-10-13-29-27(18-24)32(35(42)38-2)33(44-29)23-8-11-25(37)12-9-23/h3-5,8-13,16-19,22H,6-7,14-15,20H2,1-2H3,(H,38,42)(H,40,41). The number of halogens is 1. The number of pyridine rings is 1. The Morgan fingerprint density at radius 3 is 2.45 bits per heavy atom. The summed E-state index contributed by atoms with van der Waals surface area (Å²) in [6, 6.07) is 21.0. The first-order chi connectivity index (χ1) is 21.3. The Hall–Kier alpha value is -4.98. The number of nitrogens with one attached hydrogen (secondary N) is 2. The molecule has 8 heteroatoms. The normalized spacial score (nSPS) is 15.2. The van der Waals surface area contributed by atoms with E-state index in [0.29, 0.717) is 51.7 Å². The van der Waals surface area contributed by atoms with Gasteiger partial charge in [-0.25, -0.2) is 4.39 Å². The second-order valence-electron chi connectivity index (χ2n) is 11.8. The Kier molecular flexibility index (Phi) is 6.92. The molecule has 2 heterocycles. The van der Waals surface area contributed by atoms with Gasteiger partial charge in [0.05, 0.1) is 29.0 Å². The predicted molar refractivity (Wildman–Crippen MR) is 166 cm³/mol. The minimum atomic E-state index is -0.480. The van der Waals surface area contributed by atoms with Gasteiger partial charge in [-0.15, -0.1) is 0 Å². The highest BCUT2D eigenvalue weighted by atomic mass is 19.1. The van der Waals surface area contributed by atoms with Crippen LogP contribution in [0.5, 0.6) is 5.75 Å². The van der Waals surface area contributed by atoms with Crippen LogP contribution < -0.4 is 15.4 Å². The molecule has 2 N–H and O–H groups in total. The van der Waals surface area contributed by atoms with E-state index in [1.807, 2.05) is 55.5 Å². The van der Waals surface area contributed by atoms with E-state index < -0.39 is 5.54 Å². The molecule has 7 nitrogen and oxygen atoms in total. The molecular weight excluding hydrogens is 557 g/mol. The van der Waals surface area contributed by atoms with Crippen LogP contribution in [0.25, 0.3) is 33.4 Å². The van der Waals surface area contributed by atoms with Crippen LogP contribution in [0, 0.1) is 18.7 Å². The second kappa shape index (κ2) is 10.9. The van der Waals surface area contributed by atoms with Gasteiger partial charge in [0.25, 0.3) is 11.8 Å². The average Bonchev–Trinajstić information content (AvgIpc) is 3.98. The number of rotatable bonds is 9. The van der Waals surface area contributed by atoms with Gasteiger partial charge in [-0.3, -0.25) is 14.6 Å². The highest BCUT2D eigenvalue weighted by Gasteiger charge is 2.47. The van der Waals surface area contributed by atoms with Crippen molar-refractivity contribution in [3.63, 3.8) is 0 Å². The quantitative estimate of drug-likeness (QED) is 0.190. The van der Waals surface area contributed by atoms with Crippen molar-refractivity contribution < 1.29 is 23.1 Å². The molecule has 0 spiro atoms. The van der Waals surface area contributed by atoms with Gasteiger partial charge in [0.1, 0.15) is 22.9 Å². The van der Waals surface area contributed by atoms with E-state index in [9.17, 15) is 14.0 Å². The number of carbonyl (C=O) groups is 2. The average molecular weight is 590 g/mol. The number of nitrogens with zero attached hydrogens (tertiary/aromatic N) is 1. The Balaban J connectivity index is 1.30. The maximum absolute atomic E-state index is 13.9. The van der Waals surface area contributed by atoms with Crippen molar-refractivity contribution in [2.45, 2.75) is 38.1 Å². The van der Waals surface area contributed by atoms with E-state index in [1.54, 1.807) is 25.4 Å². The molecule has 2 saturated carbocycles. The van der Waals surface area contributed by atoms with E-state index in [-0.39, 0.29) is 17.6 Å². The highest BCUT2D eigenvalue weighted by Crippen LogP contribution is 2.45. The molecule has 222 valence electrons. The molecule has 3 aromatic carbocycles. The third-order valence-electron chi connectivity index (χ3n) is 8.56. The van der Waals surface area contributed by atoms with Crippen LogP contribution in [0.4, 0.5) is 4.39 Å². The van der Waals surface area contributed by atoms with Gasteiger partial charge in [0.2, 0.25) is 0 Å². The van der Waals surface area contributed by atoms with Crippen molar-refractivity contribution in [1.82, 2.24) is 15.6 Å². The molecule has 0 unspecified atom stereocenters. The first-order valence-electron chi connectivity index (χ1n) is 14.9. The van der Waals surface area contributed by atoms with Crippen molar-refractivity contribution in [1.29, 1.82) is 0 Å². The molecule has 0 aliphatic heterocycles. The number of furan rings is 1. The summed E-state index contributed by atoms with van der Waals surface area (Å²) in [4.78, 5) is 31.5. The largest absolute Gasteiger partial charge is 0.492 e. The maximum Gasteiger partial charge on any atom is 0.255 e. The Morgan fingerprint density at radius 1 is 1.00 bits per heavy atom. The third kappa shape index (κ3) is 5.21. The molecule has 0 atom stereocenters. The summed E-state index contributed by atoms with van der Waals surface area (Å²) in [5.41, 5.74) is 4.90. The number of aromatic nitrogens is 1. The van der Waals surface area contributed by atoms with Crippen molar-refractivity contribution in [2.24, 2.45) is 5.92 Å². The van der Waals surface area contributed by atoms with Crippen LogP contribution in [0.1, 0.15) is 57.7 Å². The fourth-order valence-corrected chi connectivity index (χ4v) is 5.70. The minimum absolute atomic E-state index is 0.214. The molecule has 2 aromatic heterocycles. The fourth-order valence-electron chi connectivity index (χ4n) is 5.70. The third-order valence-corrected chi connectivity index (χ3v) is 8.56. The van der Waals surface area contributed by atoms with E-state index in [0.717, 1.165) is 48.1 Å². The lowest BCUT2D eigenvalue weighted by atomic mass is 9.94. The van der Waals surface area contributed by atoms with Gasteiger partial charge in [-0.05, 0) is 116 Å². The fraction of sp³-hybridized carbons (Fsp3) is 0.250. The first kappa shape index (κ1) is 27.8. The molecule has 0 bridgehead atoms. The molecule has 44 heavy (non-hydrogen) atoms. The van der Waals surface area contributed by atoms with Crippen molar-refractivity contribution in [3.8, 4) is 28.2 Å². The zero-order valence-electron chi connectivity index (χ0n) is 24.6. The van der Waals surface area contributed by atoms with Crippen molar-refractivity contribution in [3.05, 3.63) is 107 Å². The lowest BCUT2D eigenvalue weighted by Crippen LogP contribution is -2.35. The minimum Gasteiger partial charge on any atom is -0.492 e. The Morgan fingerprint density at radius 2 is 1.77 bits per heavy atom. The van der Waals surface area contributed by atoms with E-state index in [2.05, 4.69) is 15.6 Å². The van der Waals surface area contributed by atoms with Crippen molar-refractivity contribution in [2.75, 3.05) is 13.7 Å². The summed E-state index contributed by atoms with van der Waals surface area (Å²) in [7, 11) is 1.56. The maximum atomic E-state index is 13.9. The summed E-state index contributed by atoms with van der Waals surface area (Å²) in [5, 5.41) is 6.58. The number of aryl methyl sites for hydroxylation is 1. The van der Waals surface area contributed by atoms with E-state index in [1.165, 1.54) is 12.1 Å². The molecule has 7 rings (SSSR count). The number of amides is 2. The summed E-state index contributed by atoms with van der Waals surface area (Å²) >= 11 is 0. The molecule has 0 radical (unpaired) electrons. The number of benzene rings is 3. The molecule has 2 aliphatic rings. The van der Waals surface area contributed by atoms with Crippen LogP contribution in [-0.2, 0) is 5.54 Å². The van der Waals surface area contributed by atoms with Crippen molar-refractivity contribution >= 4 is 22.8 Å². The lowest BCUT2D eigenvalue weighted by Gasteiger charge is -2.20. The second-order valence-corrected chi connectivity index (χ2v) is 11.8. The predicted octanol–water partition coefficient (Wildman–Crippen LogP) is 7.18. The molecule has 5 aromatic rings. The smallest absolute Gasteiger partial charge is 0.255 e. The highest BCUT2D eigenvalue weighted by molar-refractivity contribution is 6.12. The SMILES string of the molecule is CNC(=O)c1c(-c2ccc(F)cc2)oc2ccc(-c3cc(C(=O)NC4(c5ccccn5)CC4)c(OCC4CC4)cc3C)cc12. The number of ether oxygens (including phenoxy) is 1. The number of hydrogen-bond acceptors (Lipinski definition) is 5. The Bertz CT molecular complexity index is 1890. The summed E-state index contributed by atoms with van der Waals surface area (Å²) in [6.45, 7) is 2.56. The molecule has 2 aliphatic carbocycles.